The summed E-state index contributed by atoms with van der Waals surface area (Å²) in [6.07, 6.45) is 3.03. The molecule has 3 heterocycles. The molecule has 1 aromatic carbocycles. The van der Waals surface area contributed by atoms with Crippen LogP contribution in [0.15, 0.2) is 46.0 Å². The van der Waals surface area contributed by atoms with Crippen molar-refractivity contribution in [3.63, 3.8) is 0 Å². The van der Waals surface area contributed by atoms with Crippen molar-refractivity contribution in [3.8, 4) is 0 Å². The molecule has 0 aliphatic carbocycles. The number of sulfonamides is 1. The first-order chi connectivity index (χ1) is 12.5. The molecular formula is C18H22ClN3O3S2. The van der Waals surface area contributed by atoms with Crippen LogP contribution in [0.1, 0.15) is 29.6 Å². The van der Waals surface area contributed by atoms with Gasteiger partial charge in [-0.15, -0.1) is 23.7 Å². The standard InChI is InChI=1S/C18H21N3O3S2.ClH/c22-18(21-15-6-7-16(21)12-19-9-8-15)13-3-1-4-14(11-13)20-26(23,24)17-5-2-10-25-17;/h1-5,10-11,15-16,19-20H,6-9,12H2;1H. The SMILES string of the molecule is Cl.O=C(c1cccc(NS(=O)(=O)c2cccs2)c1)N1C2CCNCC1CC2. The first-order valence-corrected chi connectivity index (χ1v) is 11.1. The zero-order valence-corrected chi connectivity index (χ0v) is 17.1. The van der Waals surface area contributed by atoms with Crippen LogP contribution >= 0.6 is 23.7 Å². The Morgan fingerprint density at radius 2 is 1.96 bits per heavy atom. The lowest BCUT2D eigenvalue weighted by Crippen LogP contribution is -2.42. The van der Waals surface area contributed by atoms with E-state index in [1.807, 2.05) is 4.90 Å². The maximum Gasteiger partial charge on any atom is 0.271 e. The van der Waals surface area contributed by atoms with Gasteiger partial charge in [0, 0.05) is 29.9 Å². The summed E-state index contributed by atoms with van der Waals surface area (Å²) in [6.45, 7) is 1.76. The number of carbonyl (C=O) groups is 1. The highest BCUT2D eigenvalue weighted by Gasteiger charge is 2.38. The molecule has 2 aromatic rings. The number of nitrogens with one attached hydrogen (secondary N) is 2. The lowest BCUT2D eigenvalue weighted by atomic mass is 10.1. The molecule has 0 saturated carbocycles. The molecule has 2 fully saturated rings. The van der Waals surface area contributed by atoms with Crippen LogP contribution in [0.2, 0.25) is 0 Å². The lowest BCUT2D eigenvalue weighted by Gasteiger charge is -2.28. The molecular weight excluding hydrogens is 406 g/mol. The molecule has 9 heteroatoms. The Labute approximate surface area is 169 Å². The third-order valence-electron chi connectivity index (χ3n) is 5.01. The Kier molecular flexibility index (Phi) is 6.10. The first kappa shape index (κ1) is 20.1. The van der Waals surface area contributed by atoms with Crippen LogP contribution in [-0.2, 0) is 10.0 Å². The monoisotopic (exact) mass is 427 g/mol. The van der Waals surface area contributed by atoms with E-state index in [2.05, 4.69) is 10.0 Å². The minimum Gasteiger partial charge on any atom is -0.331 e. The van der Waals surface area contributed by atoms with Crippen molar-refractivity contribution in [2.75, 3.05) is 17.8 Å². The summed E-state index contributed by atoms with van der Waals surface area (Å²) in [5.74, 6) is -0.0154. The van der Waals surface area contributed by atoms with Gasteiger partial charge in [-0.05, 0) is 55.5 Å². The van der Waals surface area contributed by atoms with E-state index in [1.165, 1.54) is 0 Å². The van der Waals surface area contributed by atoms with Gasteiger partial charge in [-0.3, -0.25) is 9.52 Å². The second-order valence-electron chi connectivity index (χ2n) is 6.71. The molecule has 2 N–H and O–H groups in total. The fourth-order valence-corrected chi connectivity index (χ4v) is 5.84. The number of anilines is 1. The van der Waals surface area contributed by atoms with E-state index in [9.17, 15) is 13.2 Å². The minimum atomic E-state index is -3.62. The number of fused-ring (bicyclic) bond motifs is 2. The molecule has 2 aliphatic heterocycles. The van der Waals surface area contributed by atoms with Gasteiger partial charge in [0.1, 0.15) is 4.21 Å². The summed E-state index contributed by atoms with van der Waals surface area (Å²) < 4.78 is 27.6. The molecule has 146 valence electrons. The van der Waals surface area contributed by atoms with Gasteiger partial charge in [-0.25, -0.2) is 8.42 Å². The Morgan fingerprint density at radius 1 is 1.15 bits per heavy atom. The van der Waals surface area contributed by atoms with Crippen molar-refractivity contribution >= 4 is 45.4 Å². The lowest BCUT2D eigenvalue weighted by molar-refractivity contribution is 0.0680. The van der Waals surface area contributed by atoms with E-state index in [0.29, 0.717) is 11.3 Å². The van der Waals surface area contributed by atoms with Crippen molar-refractivity contribution in [2.45, 2.75) is 35.6 Å². The van der Waals surface area contributed by atoms with Gasteiger partial charge >= 0.3 is 0 Å². The van der Waals surface area contributed by atoms with Gasteiger partial charge in [0.05, 0.1) is 0 Å². The average molecular weight is 428 g/mol. The van der Waals surface area contributed by atoms with Gasteiger partial charge in [0.25, 0.3) is 15.9 Å². The highest BCUT2D eigenvalue weighted by molar-refractivity contribution is 7.94. The summed E-state index contributed by atoms with van der Waals surface area (Å²) in [6, 6.07) is 10.5. The smallest absolute Gasteiger partial charge is 0.271 e. The fourth-order valence-electron chi connectivity index (χ4n) is 3.80. The van der Waals surface area contributed by atoms with E-state index in [4.69, 9.17) is 0 Å². The number of carbonyl (C=O) groups excluding carboxylic acids is 1. The maximum atomic E-state index is 13.1. The molecule has 2 aliphatic rings. The summed E-state index contributed by atoms with van der Waals surface area (Å²) in [4.78, 5) is 15.1. The molecule has 1 amide bonds. The van der Waals surface area contributed by atoms with Crippen LogP contribution < -0.4 is 10.0 Å². The van der Waals surface area contributed by atoms with E-state index < -0.39 is 10.0 Å². The van der Waals surface area contributed by atoms with Gasteiger partial charge in [-0.2, -0.15) is 0 Å². The number of halogens is 1. The van der Waals surface area contributed by atoms with Gasteiger partial charge in [0.15, 0.2) is 0 Å². The van der Waals surface area contributed by atoms with Crippen molar-refractivity contribution in [2.24, 2.45) is 0 Å². The second-order valence-corrected chi connectivity index (χ2v) is 9.57. The number of hydrogen-bond donors (Lipinski definition) is 2. The van der Waals surface area contributed by atoms with Crippen molar-refractivity contribution < 1.29 is 13.2 Å². The van der Waals surface area contributed by atoms with Gasteiger partial charge < -0.3 is 10.2 Å². The number of rotatable bonds is 4. The number of nitrogens with zero attached hydrogens (tertiary/aromatic N) is 1. The van der Waals surface area contributed by atoms with Crippen molar-refractivity contribution in [1.29, 1.82) is 0 Å². The highest BCUT2D eigenvalue weighted by Crippen LogP contribution is 2.30. The van der Waals surface area contributed by atoms with E-state index >= 15 is 0 Å². The van der Waals surface area contributed by atoms with Crippen molar-refractivity contribution in [1.82, 2.24) is 10.2 Å². The Morgan fingerprint density at radius 3 is 2.74 bits per heavy atom. The third-order valence-corrected chi connectivity index (χ3v) is 7.79. The Bertz CT molecular complexity index is 888. The molecule has 2 saturated heterocycles. The van der Waals surface area contributed by atoms with Crippen molar-refractivity contribution in [3.05, 3.63) is 47.3 Å². The van der Waals surface area contributed by atoms with E-state index in [-0.39, 0.29) is 34.6 Å². The van der Waals surface area contributed by atoms with Crippen LogP contribution in [0.5, 0.6) is 0 Å². The number of thiophene rings is 1. The quantitative estimate of drug-likeness (QED) is 0.786. The van der Waals surface area contributed by atoms with E-state index in [1.54, 1.807) is 41.8 Å². The molecule has 4 rings (SSSR count). The number of benzene rings is 1. The molecule has 2 bridgehead atoms. The summed E-state index contributed by atoms with van der Waals surface area (Å²) in [5, 5.41) is 5.11. The molecule has 1 aromatic heterocycles. The number of hydrogen-bond acceptors (Lipinski definition) is 5. The third kappa shape index (κ3) is 4.13. The normalized spacial score (nSPS) is 22.0. The Balaban J connectivity index is 0.00000210. The van der Waals surface area contributed by atoms with Crippen LogP contribution in [0.25, 0.3) is 0 Å². The number of amides is 1. The highest BCUT2D eigenvalue weighted by atomic mass is 35.5. The van der Waals surface area contributed by atoms with Crippen LogP contribution in [0.4, 0.5) is 5.69 Å². The molecule has 0 spiro atoms. The van der Waals surface area contributed by atoms with Gasteiger partial charge in [0.2, 0.25) is 0 Å². The summed E-state index contributed by atoms with van der Waals surface area (Å²) >= 11 is 1.16. The largest absolute Gasteiger partial charge is 0.331 e. The van der Waals surface area contributed by atoms with E-state index in [0.717, 1.165) is 43.7 Å². The predicted molar refractivity (Wildman–Crippen MR) is 109 cm³/mol. The average Bonchev–Trinajstić information content (AvgIpc) is 3.22. The van der Waals surface area contributed by atoms with Gasteiger partial charge in [-0.1, -0.05) is 12.1 Å². The van der Waals surface area contributed by atoms with Crippen LogP contribution in [0, 0.1) is 0 Å². The molecule has 0 radical (unpaired) electrons. The van der Waals surface area contributed by atoms with Crippen LogP contribution in [0.3, 0.4) is 0 Å². The zero-order chi connectivity index (χ0) is 18.1. The minimum absolute atomic E-state index is 0. The first-order valence-electron chi connectivity index (χ1n) is 8.74. The maximum absolute atomic E-state index is 13.1. The summed E-state index contributed by atoms with van der Waals surface area (Å²) in [7, 11) is -3.62. The Hall–Kier alpha value is -1.61. The van der Waals surface area contributed by atoms with Crippen LogP contribution in [-0.4, -0.2) is 44.4 Å². The molecule has 2 atom stereocenters. The second kappa shape index (κ2) is 8.18. The zero-order valence-electron chi connectivity index (χ0n) is 14.6. The molecule has 27 heavy (non-hydrogen) atoms. The fraction of sp³-hybridized carbons (Fsp3) is 0.389. The summed E-state index contributed by atoms with van der Waals surface area (Å²) in [5.41, 5.74) is 0.930. The topological polar surface area (TPSA) is 78.5 Å². The predicted octanol–water partition coefficient (Wildman–Crippen LogP) is 2.94. The molecule has 6 nitrogen and oxygen atoms in total. The molecule has 2 unspecified atom stereocenters.